The number of hydrogen-bond donors (Lipinski definition) is 5. The van der Waals surface area contributed by atoms with Crippen LogP contribution >= 0.6 is 35.5 Å². The van der Waals surface area contributed by atoms with Crippen LogP contribution in [0.25, 0.3) is 0 Å². The molecule has 0 aliphatic heterocycles. The van der Waals surface area contributed by atoms with Gasteiger partial charge in [-0.15, -0.1) is 0 Å². The first-order valence-electron chi connectivity index (χ1n) is 2.08. The summed E-state index contributed by atoms with van der Waals surface area (Å²) in [6.45, 7) is 0. The Bertz CT molecular complexity index is 42.2. The minimum atomic E-state index is 0.317. The molecule has 5 nitrogen and oxygen atoms in total. The summed E-state index contributed by atoms with van der Waals surface area (Å²) in [5.74, 6) is 0. The van der Waals surface area contributed by atoms with Gasteiger partial charge < -0.3 is 0 Å². The molecule has 0 aliphatic rings. The maximum absolute atomic E-state index is 5.19. The normalized spacial score (nSPS) is 15.3. The number of rotatable bonds is 6. The first-order valence-corrected chi connectivity index (χ1v) is 6.23. The monoisotopic (exact) mass is 205 g/mol. The van der Waals surface area contributed by atoms with Gasteiger partial charge in [-0.2, -0.15) is 0 Å². The van der Waals surface area contributed by atoms with E-state index in [1.807, 2.05) is 0 Å². The SMILES string of the molecule is NPNPNPNPN. The van der Waals surface area contributed by atoms with Gasteiger partial charge in [0.1, 0.15) is 0 Å². The molecule has 0 aromatic carbocycles. The second-order valence-electron chi connectivity index (χ2n) is 0.914. The molecule has 0 fully saturated rings. The first kappa shape index (κ1) is 10.5. The fourth-order valence-electron chi connectivity index (χ4n) is 0.166. The third-order valence-electron chi connectivity index (χ3n) is 0.394. The highest BCUT2D eigenvalue weighted by Gasteiger charge is 1.80. The van der Waals surface area contributed by atoms with Crippen molar-refractivity contribution in [2.24, 2.45) is 11.0 Å². The molecule has 4 unspecified atom stereocenters. The largest absolute Gasteiger partial charge is 0.300 e. The summed E-state index contributed by atoms with van der Waals surface area (Å²) in [4.78, 5) is 8.99. The summed E-state index contributed by atoms with van der Waals surface area (Å²) in [6.07, 6.45) is 0. The molecule has 0 aromatic heterocycles. The zero-order valence-corrected chi connectivity index (χ0v) is 8.65. The molecular formula is H11N5P4. The van der Waals surface area contributed by atoms with E-state index >= 15 is 0 Å². The standard InChI is InChI=1S/H11N5P4/c1-6-3-8-5-9-4-7-2/h3-9H,1-2H2. The predicted octanol–water partition coefficient (Wildman–Crippen LogP) is -0.293. The molecule has 0 heterocycles. The highest BCUT2D eigenvalue weighted by molar-refractivity contribution is 7.59. The zero-order chi connectivity index (χ0) is 6.95. The van der Waals surface area contributed by atoms with Crippen molar-refractivity contribution >= 4 is 35.5 Å². The lowest BCUT2D eigenvalue weighted by Gasteiger charge is -2.02. The van der Waals surface area contributed by atoms with E-state index in [0.717, 1.165) is 0 Å². The van der Waals surface area contributed by atoms with E-state index in [1.54, 1.807) is 0 Å². The molecule has 4 atom stereocenters. The van der Waals surface area contributed by atoms with Crippen LogP contribution in [-0.2, 0) is 0 Å². The van der Waals surface area contributed by atoms with E-state index in [-0.39, 0.29) is 0 Å². The molecule has 7 N–H and O–H groups in total. The highest BCUT2D eigenvalue weighted by Crippen LogP contribution is 2.13. The van der Waals surface area contributed by atoms with Crippen molar-refractivity contribution in [1.82, 2.24) is 14.6 Å². The van der Waals surface area contributed by atoms with E-state index in [2.05, 4.69) is 14.6 Å². The number of hydrogen-bond acceptors (Lipinski definition) is 5. The lowest BCUT2D eigenvalue weighted by atomic mass is 13.8. The van der Waals surface area contributed by atoms with Gasteiger partial charge in [0.05, 0.1) is 0 Å². The average molecular weight is 205 g/mol. The van der Waals surface area contributed by atoms with E-state index in [9.17, 15) is 0 Å². The van der Waals surface area contributed by atoms with Gasteiger partial charge in [0.25, 0.3) is 0 Å². The molecule has 0 rings (SSSR count). The van der Waals surface area contributed by atoms with Crippen molar-refractivity contribution in [3.8, 4) is 0 Å². The van der Waals surface area contributed by atoms with Crippen LogP contribution in [0.1, 0.15) is 0 Å². The van der Waals surface area contributed by atoms with Crippen LogP contribution in [-0.4, -0.2) is 0 Å². The van der Waals surface area contributed by atoms with E-state index in [4.69, 9.17) is 11.0 Å². The predicted molar refractivity (Wildman–Crippen MR) is 51.0 cm³/mol. The Morgan fingerprint density at radius 2 is 1.22 bits per heavy atom. The van der Waals surface area contributed by atoms with Crippen LogP contribution in [0, 0.1) is 0 Å². The van der Waals surface area contributed by atoms with Gasteiger partial charge in [0, 0.05) is 35.5 Å². The topological polar surface area (TPSA) is 88.1 Å². The Morgan fingerprint density at radius 3 is 1.56 bits per heavy atom. The third-order valence-corrected chi connectivity index (χ3v) is 3.55. The fourth-order valence-corrected chi connectivity index (χ4v) is 2.62. The quantitative estimate of drug-likeness (QED) is 0.303. The summed E-state index contributed by atoms with van der Waals surface area (Å²) in [5, 5.41) is 0. The van der Waals surface area contributed by atoms with Gasteiger partial charge in [-0.25, -0.2) is 0 Å². The second-order valence-corrected chi connectivity index (χ2v) is 4.99. The van der Waals surface area contributed by atoms with Crippen LogP contribution in [0.3, 0.4) is 0 Å². The van der Waals surface area contributed by atoms with Crippen LogP contribution < -0.4 is 25.6 Å². The lowest BCUT2D eigenvalue weighted by Crippen LogP contribution is -2.00. The molecule has 0 aromatic rings. The third kappa shape index (κ3) is 9.52. The molecular weight excluding hydrogens is 194 g/mol. The molecule has 0 radical (unpaired) electrons. The Morgan fingerprint density at radius 1 is 0.778 bits per heavy atom. The van der Waals surface area contributed by atoms with Crippen molar-refractivity contribution in [1.29, 1.82) is 0 Å². The summed E-state index contributed by atoms with van der Waals surface area (Å²) in [6, 6.07) is 0. The molecule has 0 saturated heterocycles. The van der Waals surface area contributed by atoms with Crippen molar-refractivity contribution in [3.63, 3.8) is 0 Å². The van der Waals surface area contributed by atoms with Crippen molar-refractivity contribution < 1.29 is 0 Å². The molecule has 0 amide bonds. The fraction of sp³-hybridized carbons (Fsp3) is 0. The maximum Gasteiger partial charge on any atom is 0.0273 e. The number of nitrogens with two attached hydrogens (primary N) is 2. The van der Waals surface area contributed by atoms with Crippen LogP contribution in [0.15, 0.2) is 0 Å². The highest BCUT2D eigenvalue weighted by atomic mass is 31.2. The van der Waals surface area contributed by atoms with Gasteiger partial charge in [0.2, 0.25) is 0 Å². The van der Waals surface area contributed by atoms with E-state index in [0.29, 0.717) is 35.5 Å². The maximum atomic E-state index is 5.19. The lowest BCUT2D eigenvalue weighted by molar-refractivity contribution is 1.51. The summed E-state index contributed by atoms with van der Waals surface area (Å²) in [5.41, 5.74) is 10.4. The van der Waals surface area contributed by atoms with E-state index < -0.39 is 0 Å². The Hall–Kier alpha value is 1.52. The molecule has 0 bridgehead atoms. The van der Waals surface area contributed by atoms with Gasteiger partial charge in [-0.1, -0.05) is 0 Å². The molecule has 56 valence electrons. The molecule has 0 saturated carbocycles. The Balaban J connectivity index is 2.60. The smallest absolute Gasteiger partial charge is 0.0273 e. The van der Waals surface area contributed by atoms with Gasteiger partial charge in [0.15, 0.2) is 0 Å². The molecule has 0 aliphatic carbocycles. The summed E-state index contributed by atoms with van der Waals surface area (Å²) >= 11 is 0. The minimum absolute atomic E-state index is 0.317. The second kappa shape index (κ2) is 9.52. The molecule has 9 heteroatoms. The Labute approximate surface area is 61.8 Å². The van der Waals surface area contributed by atoms with Crippen molar-refractivity contribution in [2.75, 3.05) is 0 Å². The summed E-state index contributed by atoms with van der Waals surface area (Å²) < 4.78 is 0. The first-order chi connectivity index (χ1) is 4.41. The zero-order valence-electron chi connectivity index (χ0n) is 4.65. The Kier molecular flexibility index (Phi) is 11.1. The average Bonchev–Trinajstić information content (AvgIpc) is 1.89. The molecule has 0 spiro atoms. The van der Waals surface area contributed by atoms with Gasteiger partial charge in [-0.05, 0) is 0 Å². The van der Waals surface area contributed by atoms with Crippen molar-refractivity contribution in [2.45, 2.75) is 0 Å². The minimum Gasteiger partial charge on any atom is -0.300 e. The van der Waals surface area contributed by atoms with Crippen molar-refractivity contribution in [3.05, 3.63) is 0 Å². The van der Waals surface area contributed by atoms with E-state index in [1.165, 1.54) is 0 Å². The van der Waals surface area contributed by atoms with Crippen LogP contribution in [0.2, 0.25) is 0 Å². The van der Waals surface area contributed by atoms with Gasteiger partial charge in [-0.3, -0.25) is 25.6 Å². The van der Waals surface area contributed by atoms with Gasteiger partial charge >= 0.3 is 0 Å². The van der Waals surface area contributed by atoms with Crippen LogP contribution in [0.4, 0.5) is 0 Å². The van der Waals surface area contributed by atoms with Crippen LogP contribution in [0.5, 0.6) is 0 Å². The number of nitrogens with one attached hydrogen (secondary N) is 3. The molecule has 9 heavy (non-hydrogen) atoms. The summed E-state index contributed by atoms with van der Waals surface area (Å²) in [7, 11) is 1.69.